The van der Waals surface area contributed by atoms with Crippen molar-refractivity contribution in [2.24, 2.45) is 5.41 Å². The number of aryl methyl sites for hydroxylation is 2. The van der Waals surface area contributed by atoms with Gasteiger partial charge in [0.15, 0.2) is 5.78 Å². The molecule has 11 heteroatoms. The monoisotopic (exact) mass is 732 g/mol. The molecule has 5 aromatic rings. The van der Waals surface area contributed by atoms with Crippen LogP contribution in [0.3, 0.4) is 0 Å². The average molecular weight is 733 g/mol. The van der Waals surface area contributed by atoms with Gasteiger partial charge in [-0.25, -0.2) is 13.8 Å². The first-order valence-electron chi connectivity index (χ1n) is 17.8. The summed E-state index contributed by atoms with van der Waals surface area (Å²) in [6.07, 6.45) is 2.37. The van der Waals surface area contributed by atoms with E-state index in [0.717, 1.165) is 84.2 Å². The van der Waals surface area contributed by atoms with Crippen LogP contribution in [-0.4, -0.2) is 55.4 Å². The number of amides is 2. The van der Waals surface area contributed by atoms with Gasteiger partial charge in [-0.3, -0.25) is 14.4 Å². The Bertz CT molecular complexity index is 2260. The molecule has 2 amide bonds. The second kappa shape index (κ2) is 13.9. The largest absolute Gasteiger partial charge is 0.381 e. The van der Waals surface area contributed by atoms with Crippen molar-refractivity contribution in [1.82, 2.24) is 4.98 Å². The Morgan fingerprint density at radius 1 is 0.943 bits per heavy atom. The van der Waals surface area contributed by atoms with Crippen LogP contribution in [0, 0.1) is 30.9 Å². The standard InChI is InChI=1S/C42H38F2N4O4S/c1-25-19-33(39(45-26(25)2)47-23-42(24-47)14-17-52-18-15-42)40(50)46-31-11-8-27(9-12-31)41(51)48-16-13-29-21-37(53-38(29)32-5-3-4-6-35(32)48)36(49)20-28-7-10-30(43)22-34(28)44/h3-12,19,21-22H,13-18,20,23-24H2,1-2H3,(H,46,50). The number of carbonyl (C=O) groups excluding carboxylic acids is 3. The Kier molecular flexibility index (Phi) is 9.16. The lowest BCUT2D eigenvalue weighted by atomic mass is 9.73. The number of anilines is 3. The van der Waals surface area contributed by atoms with Crippen LogP contribution in [0.25, 0.3) is 10.4 Å². The third kappa shape index (κ3) is 6.75. The van der Waals surface area contributed by atoms with E-state index in [1.807, 2.05) is 50.2 Å². The summed E-state index contributed by atoms with van der Waals surface area (Å²) >= 11 is 1.32. The predicted molar refractivity (Wildman–Crippen MR) is 202 cm³/mol. The molecule has 0 atom stereocenters. The lowest BCUT2D eigenvalue weighted by Crippen LogP contribution is -2.59. The minimum Gasteiger partial charge on any atom is -0.381 e. The number of aromatic nitrogens is 1. The van der Waals surface area contributed by atoms with Crippen LogP contribution in [0.2, 0.25) is 0 Å². The number of benzene rings is 3. The third-order valence-electron chi connectivity index (χ3n) is 10.7. The maximum atomic E-state index is 14.3. The van der Waals surface area contributed by atoms with E-state index in [2.05, 4.69) is 10.2 Å². The quantitative estimate of drug-likeness (QED) is 0.170. The maximum Gasteiger partial charge on any atom is 0.259 e. The lowest BCUT2D eigenvalue weighted by molar-refractivity contribution is -0.000520. The molecule has 5 heterocycles. The fraction of sp³-hybridized carbons (Fsp3) is 0.286. The van der Waals surface area contributed by atoms with Crippen LogP contribution in [0.15, 0.2) is 78.9 Å². The smallest absolute Gasteiger partial charge is 0.259 e. The zero-order valence-corrected chi connectivity index (χ0v) is 30.3. The number of thiophene rings is 1. The van der Waals surface area contributed by atoms with Gasteiger partial charge in [0.05, 0.1) is 16.1 Å². The van der Waals surface area contributed by atoms with Crippen molar-refractivity contribution in [3.63, 3.8) is 0 Å². The number of nitrogens with zero attached hydrogens (tertiary/aromatic N) is 3. The highest BCUT2D eigenvalue weighted by atomic mass is 32.1. The van der Waals surface area contributed by atoms with Gasteiger partial charge in [0.2, 0.25) is 0 Å². The highest BCUT2D eigenvalue weighted by Crippen LogP contribution is 2.44. The van der Waals surface area contributed by atoms with E-state index in [1.165, 1.54) is 17.4 Å². The van der Waals surface area contributed by atoms with Crippen LogP contribution in [0.4, 0.5) is 26.0 Å². The average Bonchev–Trinajstić information content (AvgIpc) is 3.51. The van der Waals surface area contributed by atoms with Gasteiger partial charge in [-0.05, 0) is 98.3 Å². The number of hydrogen-bond acceptors (Lipinski definition) is 7. The van der Waals surface area contributed by atoms with Crippen LogP contribution < -0.4 is 15.1 Å². The van der Waals surface area contributed by atoms with E-state index in [1.54, 1.807) is 29.2 Å². The molecule has 0 unspecified atom stereocenters. The van der Waals surface area contributed by atoms with E-state index in [-0.39, 0.29) is 35.0 Å². The SMILES string of the molecule is Cc1cc(C(=O)Nc2ccc(C(=O)N3CCc4cc(C(=O)Cc5ccc(F)cc5F)sc4-c4ccccc43)cc2)c(N2CC3(CCOCC3)C2)nc1C. The summed E-state index contributed by atoms with van der Waals surface area (Å²) in [4.78, 5) is 51.1. The number of hydrogen-bond donors (Lipinski definition) is 1. The number of carbonyl (C=O) groups is 3. The van der Waals surface area contributed by atoms with Crippen molar-refractivity contribution in [3.8, 4) is 10.4 Å². The maximum absolute atomic E-state index is 14.3. The molecule has 0 radical (unpaired) electrons. The summed E-state index contributed by atoms with van der Waals surface area (Å²) in [6.45, 7) is 7.55. The van der Waals surface area contributed by atoms with Crippen molar-refractivity contribution in [2.75, 3.05) is 48.0 Å². The molecule has 8 nitrogen and oxygen atoms in total. The summed E-state index contributed by atoms with van der Waals surface area (Å²) in [6, 6.07) is 21.5. The fourth-order valence-electron chi connectivity index (χ4n) is 7.55. The van der Waals surface area contributed by atoms with Crippen molar-refractivity contribution in [1.29, 1.82) is 0 Å². The minimum absolute atomic E-state index is 0.144. The molecular weight excluding hydrogens is 695 g/mol. The van der Waals surface area contributed by atoms with Gasteiger partial charge in [-0.15, -0.1) is 11.3 Å². The summed E-state index contributed by atoms with van der Waals surface area (Å²) in [5.74, 6) is -1.43. The number of pyridine rings is 1. The van der Waals surface area contributed by atoms with Crippen molar-refractivity contribution in [2.45, 2.75) is 39.5 Å². The molecule has 0 saturated carbocycles. The number of ketones is 1. The van der Waals surface area contributed by atoms with Crippen molar-refractivity contribution < 1.29 is 27.9 Å². The van der Waals surface area contributed by atoms with Gasteiger partial charge in [0.25, 0.3) is 11.8 Å². The zero-order valence-electron chi connectivity index (χ0n) is 29.5. The predicted octanol–water partition coefficient (Wildman–Crippen LogP) is 8.20. The summed E-state index contributed by atoms with van der Waals surface area (Å²) in [7, 11) is 0. The van der Waals surface area contributed by atoms with E-state index < -0.39 is 11.6 Å². The van der Waals surface area contributed by atoms with Gasteiger partial charge in [0, 0.05) is 78.1 Å². The lowest BCUT2D eigenvalue weighted by Gasteiger charge is -2.53. The second-order valence-corrected chi connectivity index (χ2v) is 15.3. The summed E-state index contributed by atoms with van der Waals surface area (Å²) in [5.41, 5.74) is 6.25. The molecule has 3 aliphatic heterocycles. The van der Waals surface area contributed by atoms with Crippen LogP contribution in [-0.2, 0) is 17.6 Å². The molecule has 1 N–H and O–H groups in total. The fourth-order valence-corrected chi connectivity index (χ4v) is 8.74. The first-order chi connectivity index (χ1) is 25.6. The Balaban J connectivity index is 0.979. The van der Waals surface area contributed by atoms with Crippen LogP contribution in [0.1, 0.15) is 65.6 Å². The number of nitrogens with one attached hydrogen (secondary N) is 1. The van der Waals surface area contributed by atoms with Gasteiger partial charge in [0.1, 0.15) is 17.5 Å². The molecule has 53 heavy (non-hydrogen) atoms. The molecule has 2 saturated heterocycles. The topological polar surface area (TPSA) is 91.8 Å². The summed E-state index contributed by atoms with van der Waals surface area (Å²) in [5, 5.41) is 3.02. The van der Waals surface area contributed by atoms with Crippen molar-refractivity contribution >= 4 is 46.1 Å². The molecule has 3 aromatic carbocycles. The number of ether oxygens (including phenoxy) is 1. The Morgan fingerprint density at radius 2 is 1.70 bits per heavy atom. The molecule has 8 rings (SSSR count). The number of rotatable bonds is 7. The molecule has 2 fully saturated rings. The van der Waals surface area contributed by atoms with Crippen molar-refractivity contribution in [3.05, 3.63) is 129 Å². The Morgan fingerprint density at radius 3 is 2.45 bits per heavy atom. The first kappa shape index (κ1) is 34.8. The van der Waals surface area contributed by atoms with E-state index in [4.69, 9.17) is 9.72 Å². The highest BCUT2D eigenvalue weighted by molar-refractivity contribution is 7.17. The molecular formula is C42H38F2N4O4S. The van der Waals surface area contributed by atoms with Gasteiger partial charge < -0.3 is 19.9 Å². The molecule has 2 aromatic heterocycles. The van der Waals surface area contributed by atoms with E-state index in [0.29, 0.717) is 40.5 Å². The van der Waals surface area contributed by atoms with Gasteiger partial charge >= 0.3 is 0 Å². The Hall–Kier alpha value is -5.26. The molecule has 1 spiro atoms. The zero-order chi connectivity index (χ0) is 36.9. The van der Waals surface area contributed by atoms with Gasteiger partial charge in [-0.1, -0.05) is 24.3 Å². The highest BCUT2D eigenvalue weighted by Gasteiger charge is 2.45. The molecule has 0 aliphatic carbocycles. The first-order valence-corrected chi connectivity index (χ1v) is 18.6. The normalized spacial score (nSPS) is 16.0. The summed E-state index contributed by atoms with van der Waals surface area (Å²) < 4.78 is 33.3. The third-order valence-corrected chi connectivity index (χ3v) is 12.0. The number of fused-ring (bicyclic) bond motifs is 3. The van der Waals surface area contributed by atoms with Crippen LogP contribution in [0.5, 0.6) is 0 Å². The van der Waals surface area contributed by atoms with Gasteiger partial charge in [-0.2, -0.15) is 0 Å². The minimum atomic E-state index is -0.745. The number of halogens is 2. The van der Waals surface area contributed by atoms with E-state index in [9.17, 15) is 23.2 Å². The van der Waals surface area contributed by atoms with E-state index >= 15 is 0 Å². The number of Topliss-reactive ketones (excluding diaryl/α,β-unsaturated/α-hetero) is 1. The van der Waals surface area contributed by atoms with Crippen LogP contribution >= 0.6 is 11.3 Å². The molecule has 270 valence electrons. The Labute approximate surface area is 310 Å². The molecule has 0 bridgehead atoms. The molecule has 3 aliphatic rings. The number of para-hydroxylation sites is 1. The second-order valence-electron chi connectivity index (χ2n) is 14.3.